The van der Waals surface area contributed by atoms with E-state index in [1.165, 1.54) is 5.56 Å². The predicted octanol–water partition coefficient (Wildman–Crippen LogP) is 2.96. The fourth-order valence-electron chi connectivity index (χ4n) is 1.44. The lowest BCUT2D eigenvalue weighted by molar-refractivity contribution is 0.0457. The molecule has 0 radical (unpaired) electrons. The van der Waals surface area contributed by atoms with E-state index in [9.17, 15) is 5.11 Å². The second kappa shape index (κ2) is 5.17. The van der Waals surface area contributed by atoms with Crippen molar-refractivity contribution >= 4 is 5.69 Å². The van der Waals surface area contributed by atoms with Gasteiger partial charge in [0.05, 0.1) is 5.60 Å². The Morgan fingerprint density at radius 3 is 2.13 bits per heavy atom. The van der Waals surface area contributed by atoms with Crippen LogP contribution >= 0.6 is 0 Å². The van der Waals surface area contributed by atoms with Crippen molar-refractivity contribution in [2.24, 2.45) is 0 Å². The molecule has 2 N–H and O–H groups in total. The van der Waals surface area contributed by atoms with Gasteiger partial charge in [0.15, 0.2) is 0 Å². The van der Waals surface area contributed by atoms with Crippen molar-refractivity contribution < 1.29 is 5.11 Å². The summed E-state index contributed by atoms with van der Waals surface area (Å²) in [5.41, 5.74) is 1.74. The van der Waals surface area contributed by atoms with Crippen LogP contribution in [0.15, 0.2) is 24.3 Å². The molecule has 0 aromatic heterocycles. The molecule has 1 rings (SSSR count). The molecule has 0 unspecified atom stereocenters. The van der Waals surface area contributed by atoms with E-state index in [1.807, 2.05) is 26.0 Å². The summed E-state index contributed by atoms with van der Waals surface area (Å²) in [6.07, 6.45) is 1.56. The lowest BCUT2D eigenvalue weighted by Gasteiger charge is -2.25. The van der Waals surface area contributed by atoms with Gasteiger partial charge in [-0.15, -0.1) is 0 Å². The second-order valence-corrected chi connectivity index (χ2v) is 4.15. The molecule has 0 aliphatic heterocycles. The summed E-state index contributed by atoms with van der Waals surface area (Å²) < 4.78 is 0. The van der Waals surface area contributed by atoms with Crippen molar-refractivity contribution in [2.45, 2.75) is 39.2 Å². The molecular weight excluding hydrogens is 186 g/mol. The van der Waals surface area contributed by atoms with E-state index in [1.54, 1.807) is 0 Å². The minimum atomic E-state index is -0.578. The van der Waals surface area contributed by atoms with Crippen molar-refractivity contribution in [1.29, 1.82) is 0 Å². The van der Waals surface area contributed by atoms with E-state index in [0.717, 1.165) is 18.5 Å². The van der Waals surface area contributed by atoms with Gasteiger partial charge in [0.25, 0.3) is 0 Å². The number of nitrogens with one attached hydrogen (secondary N) is 1. The molecule has 1 aromatic carbocycles. The minimum Gasteiger partial charge on any atom is -0.388 e. The Hall–Kier alpha value is -1.02. The summed E-state index contributed by atoms with van der Waals surface area (Å²) in [5.74, 6) is 0. The predicted molar refractivity (Wildman–Crippen MR) is 65.2 cm³/mol. The van der Waals surface area contributed by atoms with Gasteiger partial charge in [-0.2, -0.15) is 0 Å². The lowest BCUT2D eigenvalue weighted by atomic mass is 9.97. The van der Waals surface area contributed by atoms with Crippen LogP contribution in [0, 0.1) is 6.92 Å². The van der Waals surface area contributed by atoms with Gasteiger partial charge in [-0.05, 0) is 31.9 Å². The molecule has 0 fully saturated rings. The Morgan fingerprint density at radius 1 is 1.13 bits per heavy atom. The van der Waals surface area contributed by atoms with Gasteiger partial charge in [0, 0.05) is 12.2 Å². The Balaban J connectivity index is 2.53. The molecule has 0 aliphatic rings. The first-order valence-corrected chi connectivity index (χ1v) is 5.62. The zero-order valence-corrected chi connectivity index (χ0v) is 9.88. The molecule has 1 aromatic rings. The minimum absolute atomic E-state index is 0.578. The number of aryl methyl sites for hydroxylation is 1. The van der Waals surface area contributed by atoms with Gasteiger partial charge in [-0.3, -0.25) is 0 Å². The summed E-state index contributed by atoms with van der Waals surface area (Å²) in [6, 6.07) is 8.22. The topological polar surface area (TPSA) is 32.3 Å². The fraction of sp³-hybridized carbons (Fsp3) is 0.538. The van der Waals surface area contributed by atoms with Crippen LogP contribution in [0.5, 0.6) is 0 Å². The summed E-state index contributed by atoms with van der Waals surface area (Å²) in [7, 11) is 0. The molecule has 2 heteroatoms. The smallest absolute Gasteiger partial charge is 0.0814 e. The van der Waals surface area contributed by atoms with Gasteiger partial charge < -0.3 is 10.4 Å². The Bertz CT molecular complexity index is 288. The van der Waals surface area contributed by atoms with E-state index in [4.69, 9.17) is 0 Å². The summed E-state index contributed by atoms with van der Waals surface area (Å²) in [5, 5.41) is 13.3. The number of benzene rings is 1. The SMILES string of the molecule is CCC(O)(CC)CNc1ccc(C)cc1. The van der Waals surface area contributed by atoms with E-state index in [2.05, 4.69) is 24.4 Å². The van der Waals surface area contributed by atoms with Crippen LogP contribution in [0.2, 0.25) is 0 Å². The Labute approximate surface area is 92.3 Å². The van der Waals surface area contributed by atoms with Crippen LogP contribution in [-0.2, 0) is 0 Å². The van der Waals surface area contributed by atoms with Crippen molar-refractivity contribution in [3.05, 3.63) is 29.8 Å². The third-order valence-electron chi connectivity index (χ3n) is 2.99. The van der Waals surface area contributed by atoms with Crippen molar-refractivity contribution in [3.8, 4) is 0 Å². The van der Waals surface area contributed by atoms with Crippen LogP contribution in [0.25, 0.3) is 0 Å². The highest BCUT2D eigenvalue weighted by atomic mass is 16.3. The molecule has 0 spiro atoms. The normalized spacial score (nSPS) is 11.5. The maximum atomic E-state index is 10.1. The van der Waals surface area contributed by atoms with Gasteiger partial charge in [0.2, 0.25) is 0 Å². The zero-order chi connectivity index (χ0) is 11.3. The molecule has 0 saturated carbocycles. The molecule has 0 amide bonds. The highest BCUT2D eigenvalue weighted by Gasteiger charge is 2.21. The van der Waals surface area contributed by atoms with Crippen LogP contribution in [-0.4, -0.2) is 17.3 Å². The number of anilines is 1. The second-order valence-electron chi connectivity index (χ2n) is 4.15. The highest BCUT2D eigenvalue weighted by molar-refractivity contribution is 5.44. The van der Waals surface area contributed by atoms with E-state index < -0.39 is 5.60 Å². The Morgan fingerprint density at radius 2 is 1.67 bits per heavy atom. The van der Waals surface area contributed by atoms with Crippen molar-refractivity contribution in [3.63, 3.8) is 0 Å². The molecule has 0 bridgehead atoms. The first-order valence-electron chi connectivity index (χ1n) is 5.62. The monoisotopic (exact) mass is 207 g/mol. The molecular formula is C13H21NO. The average molecular weight is 207 g/mol. The fourth-order valence-corrected chi connectivity index (χ4v) is 1.44. The molecule has 0 heterocycles. The molecule has 2 nitrogen and oxygen atoms in total. The van der Waals surface area contributed by atoms with Crippen LogP contribution in [0.4, 0.5) is 5.69 Å². The first kappa shape index (κ1) is 12.1. The number of hydrogen-bond donors (Lipinski definition) is 2. The largest absolute Gasteiger partial charge is 0.388 e. The Kier molecular flexibility index (Phi) is 4.15. The third kappa shape index (κ3) is 3.56. The highest BCUT2D eigenvalue weighted by Crippen LogP contribution is 2.16. The van der Waals surface area contributed by atoms with E-state index in [0.29, 0.717) is 6.54 Å². The number of hydrogen-bond acceptors (Lipinski definition) is 2. The van der Waals surface area contributed by atoms with Gasteiger partial charge in [-0.25, -0.2) is 0 Å². The maximum absolute atomic E-state index is 10.1. The van der Waals surface area contributed by atoms with Crippen LogP contribution < -0.4 is 5.32 Å². The molecule has 0 aliphatic carbocycles. The quantitative estimate of drug-likeness (QED) is 0.778. The first-order chi connectivity index (χ1) is 7.09. The maximum Gasteiger partial charge on any atom is 0.0814 e. The summed E-state index contributed by atoms with van der Waals surface area (Å²) >= 11 is 0. The van der Waals surface area contributed by atoms with E-state index in [-0.39, 0.29) is 0 Å². The standard InChI is InChI=1S/C13H21NO/c1-4-13(15,5-2)10-14-12-8-6-11(3)7-9-12/h6-9,14-15H,4-5,10H2,1-3H3. The molecule has 15 heavy (non-hydrogen) atoms. The van der Waals surface area contributed by atoms with Gasteiger partial charge in [-0.1, -0.05) is 31.5 Å². The van der Waals surface area contributed by atoms with E-state index >= 15 is 0 Å². The molecule has 0 atom stereocenters. The van der Waals surface area contributed by atoms with Crippen LogP contribution in [0.1, 0.15) is 32.3 Å². The third-order valence-corrected chi connectivity index (χ3v) is 2.99. The molecule has 84 valence electrons. The molecule has 0 saturated heterocycles. The van der Waals surface area contributed by atoms with Crippen molar-refractivity contribution in [2.75, 3.05) is 11.9 Å². The van der Waals surface area contributed by atoms with Gasteiger partial charge in [0.1, 0.15) is 0 Å². The van der Waals surface area contributed by atoms with Crippen LogP contribution in [0.3, 0.4) is 0 Å². The number of aliphatic hydroxyl groups is 1. The van der Waals surface area contributed by atoms with Crippen molar-refractivity contribution in [1.82, 2.24) is 0 Å². The zero-order valence-electron chi connectivity index (χ0n) is 9.88. The summed E-state index contributed by atoms with van der Waals surface area (Å²) in [6.45, 7) is 6.71. The lowest BCUT2D eigenvalue weighted by Crippen LogP contribution is -2.35. The summed E-state index contributed by atoms with van der Waals surface area (Å²) in [4.78, 5) is 0. The number of rotatable bonds is 5. The van der Waals surface area contributed by atoms with Gasteiger partial charge >= 0.3 is 0 Å². The average Bonchev–Trinajstić information content (AvgIpc) is 2.28.